The quantitative estimate of drug-likeness (QED) is 0.574. The van der Waals surface area contributed by atoms with Crippen LogP contribution in [0.25, 0.3) is 0 Å². The van der Waals surface area contributed by atoms with Crippen LogP contribution in [0.2, 0.25) is 0 Å². The average Bonchev–Trinajstić information content (AvgIpc) is 2.68. The van der Waals surface area contributed by atoms with E-state index in [0.29, 0.717) is 23.7 Å². The van der Waals surface area contributed by atoms with E-state index in [9.17, 15) is 14.9 Å². The van der Waals surface area contributed by atoms with Crippen molar-refractivity contribution in [3.05, 3.63) is 69.8 Å². The van der Waals surface area contributed by atoms with E-state index in [4.69, 9.17) is 4.74 Å². The lowest BCUT2D eigenvalue weighted by Gasteiger charge is -2.30. The number of carbonyl (C=O) groups excluding carboxylic acids is 1. The molecule has 0 aliphatic carbocycles. The lowest BCUT2D eigenvalue weighted by molar-refractivity contribution is -0.384. The number of likely N-dealkylation sites (tertiary alicyclic amines) is 1. The Labute approximate surface area is 158 Å². The molecule has 0 spiro atoms. The second-order valence-corrected chi connectivity index (χ2v) is 7.06. The summed E-state index contributed by atoms with van der Waals surface area (Å²) in [5, 5.41) is 11.1. The molecule has 2 aromatic rings. The van der Waals surface area contributed by atoms with E-state index in [0.717, 1.165) is 31.5 Å². The van der Waals surface area contributed by atoms with E-state index in [-0.39, 0.29) is 18.2 Å². The minimum absolute atomic E-state index is 0.0182. The fourth-order valence-electron chi connectivity index (χ4n) is 3.26. The number of nitro benzene ring substituents is 1. The Hall–Kier alpha value is -2.89. The van der Waals surface area contributed by atoms with Gasteiger partial charge in [0.2, 0.25) is 0 Å². The molecular formula is C21H24N2O4. The Bertz CT molecular complexity index is 799. The Balaban J connectivity index is 1.71. The van der Waals surface area contributed by atoms with E-state index in [1.807, 2.05) is 35.2 Å². The van der Waals surface area contributed by atoms with Crippen LogP contribution in [0.3, 0.4) is 0 Å². The number of ether oxygens (including phenoxy) is 1. The number of hydrogen-bond acceptors (Lipinski definition) is 4. The summed E-state index contributed by atoms with van der Waals surface area (Å²) in [6.07, 6.45) is 2.54. The first-order valence-electron chi connectivity index (χ1n) is 9.24. The van der Waals surface area contributed by atoms with Gasteiger partial charge in [-0.3, -0.25) is 14.9 Å². The van der Waals surface area contributed by atoms with Crippen LogP contribution in [0, 0.1) is 16.0 Å². The van der Waals surface area contributed by atoms with Crippen molar-refractivity contribution in [3.8, 4) is 5.75 Å². The molecular weight excluding hydrogens is 344 g/mol. The van der Waals surface area contributed by atoms with Gasteiger partial charge in [0.15, 0.2) is 6.61 Å². The van der Waals surface area contributed by atoms with Crippen LogP contribution in [-0.2, 0) is 11.2 Å². The van der Waals surface area contributed by atoms with Gasteiger partial charge in [-0.05, 0) is 30.4 Å². The van der Waals surface area contributed by atoms with Crippen LogP contribution in [0.15, 0.2) is 48.5 Å². The van der Waals surface area contributed by atoms with Crippen LogP contribution in [0.1, 0.15) is 30.9 Å². The Kier molecular flexibility index (Phi) is 6.06. The van der Waals surface area contributed by atoms with Crippen molar-refractivity contribution in [1.29, 1.82) is 0 Å². The van der Waals surface area contributed by atoms with E-state index in [2.05, 4.69) is 6.92 Å². The second kappa shape index (κ2) is 8.66. The maximum absolute atomic E-state index is 12.4. The number of nitrogens with zero attached hydrogens (tertiary/aromatic N) is 2. The van der Waals surface area contributed by atoms with Crippen LogP contribution >= 0.6 is 0 Å². The van der Waals surface area contributed by atoms with Gasteiger partial charge in [-0.1, -0.05) is 37.3 Å². The van der Waals surface area contributed by atoms with E-state index >= 15 is 0 Å². The molecule has 6 heteroatoms. The van der Waals surface area contributed by atoms with Gasteiger partial charge in [0.05, 0.1) is 4.92 Å². The van der Waals surface area contributed by atoms with E-state index in [1.165, 1.54) is 12.1 Å². The molecule has 2 aromatic carbocycles. The standard InChI is InChI=1S/C21H24N2O4/c1-16-9-11-22(12-10-16)21(24)15-27-20-8-7-19(23(25)26)14-18(20)13-17-5-3-2-4-6-17/h2-8,14,16H,9-13,15H2,1H3. The van der Waals surface area contributed by atoms with Gasteiger partial charge >= 0.3 is 0 Å². The van der Waals surface area contributed by atoms with Crippen molar-refractivity contribution < 1.29 is 14.5 Å². The Morgan fingerprint density at radius 2 is 1.89 bits per heavy atom. The number of hydrogen-bond donors (Lipinski definition) is 0. The summed E-state index contributed by atoms with van der Waals surface area (Å²) in [6.45, 7) is 3.68. The number of non-ortho nitro benzene ring substituents is 1. The number of benzene rings is 2. The molecule has 142 valence electrons. The molecule has 27 heavy (non-hydrogen) atoms. The SMILES string of the molecule is CC1CCN(C(=O)COc2ccc([N+](=O)[O-])cc2Cc2ccccc2)CC1. The predicted molar refractivity (Wildman–Crippen MR) is 103 cm³/mol. The van der Waals surface area contributed by atoms with Crippen molar-refractivity contribution >= 4 is 11.6 Å². The van der Waals surface area contributed by atoms with E-state index < -0.39 is 4.92 Å². The molecule has 0 atom stereocenters. The molecule has 0 radical (unpaired) electrons. The Morgan fingerprint density at radius 3 is 2.56 bits per heavy atom. The van der Waals surface area contributed by atoms with Crippen LogP contribution in [0.5, 0.6) is 5.75 Å². The summed E-state index contributed by atoms with van der Waals surface area (Å²) in [4.78, 5) is 25.0. The van der Waals surface area contributed by atoms with Crippen molar-refractivity contribution in [3.63, 3.8) is 0 Å². The number of rotatable bonds is 6. The lowest BCUT2D eigenvalue weighted by Crippen LogP contribution is -2.40. The molecule has 1 amide bonds. The Morgan fingerprint density at radius 1 is 1.19 bits per heavy atom. The smallest absolute Gasteiger partial charge is 0.269 e. The first-order chi connectivity index (χ1) is 13.0. The molecule has 3 rings (SSSR count). The van der Waals surface area contributed by atoms with Gasteiger partial charge in [-0.25, -0.2) is 0 Å². The molecule has 1 aliphatic heterocycles. The van der Waals surface area contributed by atoms with Crippen LogP contribution < -0.4 is 4.74 Å². The second-order valence-electron chi connectivity index (χ2n) is 7.06. The normalized spacial score (nSPS) is 14.8. The summed E-state index contributed by atoms with van der Waals surface area (Å²) < 4.78 is 5.77. The number of piperidine rings is 1. The van der Waals surface area contributed by atoms with Gasteiger partial charge in [-0.15, -0.1) is 0 Å². The summed E-state index contributed by atoms with van der Waals surface area (Å²) in [6, 6.07) is 14.2. The van der Waals surface area contributed by atoms with Crippen LogP contribution in [0.4, 0.5) is 5.69 Å². The van der Waals surface area contributed by atoms with Crippen molar-refractivity contribution in [2.75, 3.05) is 19.7 Å². The highest BCUT2D eigenvalue weighted by Gasteiger charge is 2.21. The lowest BCUT2D eigenvalue weighted by atomic mass is 9.99. The summed E-state index contributed by atoms with van der Waals surface area (Å²) in [7, 11) is 0. The molecule has 1 aliphatic rings. The molecule has 0 N–H and O–H groups in total. The maximum atomic E-state index is 12.4. The third-order valence-electron chi connectivity index (χ3n) is 4.98. The zero-order valence-electron chi connectivity index (χ0n) is 15.5. The monoisotopic (exact) mass is 368 g/mol. The zero-order chi connectivity index (χ0) is 19.2. The molecule has 0 saturated carbocycles. The van der Waals surface area contributed by atoms with Gasteiger partial charge in [0.1, 0.15) is 5.75 Å². The fraction of sp³-hybridized carbons (Fsp3) is 0.381. The summed E-state index contributed by atoms with van der Waals surface area (Å²) >= 11 is 0. The van der Waals surface area contributed by atoms with Gasteiger partial charge < -0.3 is 9.64 Å². The van der Waals surface area contributed by atoms with Crippen molar-refractivity contribution in [2.45, 2.75) is 26.2 Å². The molecule has 0 aromatic heterocycles. The minimum atomic E-state index is -0.418. The van der Waals surface area contributed by atoms with Crippen molar-refractivity contribution in [1.82, 2.24) is 4.90 Å². The zero-order valence-corrected chi connectivity index (χ0v) is 15.5. The molecule has 1 saturated heterocycles. The predicted octanol–water partition coefficient (Wildman–Crippen LogP) is 3.82. The molecule has 0 unspecified atom stereocenters. The van der Waals surface area contributed by atoms with Gasteiger partial charge in [-0.2, -0.15) is 0 Å². The first-order valence-corrected chi connectivity index (χ1v) is 9.24. The minimum Gasteiger partial charge on any atom is -0.483 e. The fourth-order valence-corrected chi connectivity index (χ4v) is 3.26. The van der Waals surface area contributed by atoms with Gasteiger partial charge in [0, 0.05) is 37.2 Å². The molecule has 1 heterocycles. The first kappa shape index (κ1) is 18.9. The summed E-state index contributed by atoms with van der Waals surface area (Å²) in [5.74, 6) is 1.14. The third-order valence-corrected chi connectivity index (χ3v) is 4.98. The number of carbonyl (C=O) groups is 1. The number of nitro groups is 1. The number of amides is 1. The van der Waals surface area contributed by atoms with Gasteiger partial charge in [0.25, 0.3) is 11.6 Å². The average molecular weight is 368 g/mol. The highest BCUT2D eigenvalue weighted by molar-refractivity contribution is 5.78. The molecule has 0 bridgehead atoms. The van der Waals surface area contributed by atoms with Crippen molar-refractivity contribution in [2.24, 2.45) is 5.92 Å². The third kappa shape index (κ3) is 5.06. The largest absolute Gasteiger partial charge is 0.483 e. The maximum Gasteiger partial charge on any atom is 0.269 e. The topological polar surface area (TPSA) is 72.7 Å². The highest BCUT2D eigenvalue weighted by Crippen LogP contribution is 2.27. The van der Waals surface area contributed by atoms with E-state index in [1.54, 1.807) is 6.07 Å². The molecule has 6 nitrogen and oxygen atoms in total. The molecule has 1 fully saturated rings. The summed E-state index contributed by atoms with van der Waals surface area (Å²) in [5.41, 5.74) is 1.75. The highest BCUT2D eigenvalue weighted by atomic mass is 16.6. The van der Waals surface area contributed by atoms with Crippen LogP contribution in [-0.4, -0.2) is 35.4 Å².